The van der Waals surface area contributed by atoms with Crippen LogP contribution in [0.2, 0.25) is 0 Å². The second-order valence-electron chi connectivity index (χ2n) is 1.04. The summed E-state index contributed by atoms with van der Waals surface area (Å²) in [6.45, 7) is 0. The number of hydrogen-bond acceptors (Lipinski definition) is 4. The normalized spacial score (nSPS) is 9.12. The van der Waals surface area contributed by atoms with Gasteiger partial charge in [-0.25, -0.2) is 0 Å². The molecule has 0 fully saturated rings. The maximum absolute atomic E-state index is 4.83. The smallest absolute Gasteiger partial charge is 0.326 e. The Morgan fingerprint density at radius 3 is 3.25 bits per heavy atom. The molecule has 0 aliphatic carbocycles. The van der Waals surface area contributed by atoms with E-state index in [2.05, 4.69) is 15.2 Å². The summed E-state index contributed by atoms with van der Waals surface area (Å²) in [7, 11) is 0. The molecule has 0 saturated carbocycles. The van der Waals surface area contributed by atoms with Gasteiger partial charge >= 0.3 is 6.01 Å². The maximum Gasteiger partial charge on any atom is 0.326 e. The Balaban J connectivity index is 2.50. The molecule has 1 aromatic heterocycles. The predicted molar refractivity (Wildman–Crippen MR) is 30.5 cm³/mol. The van der Waals surface area contributed by atoms with Gasteiger partial charge in [-0.1, -0.05) is 5.10 Å². The van der Waals surface area contributed by atoms with Crippen molar-refractivity contribution in [2.45, 2.75) is 0 Å². The monoisotopic (exact) mass is 131 g/mol. The van der Waals surface area contributed by atoms with E-state index in [1.807, 2.05) is 6.26 Å². The molecular weight excluding hydrogens is 126 g/mol. The first-order valence-electron chi connectivity index (χ1n) is 2.00. The number of aromatic amines is 1. The lowest BCUT2D eigenvalue weighted by Gasteiger charge is -1.88. The first-order chi connectivity index (χ1) is 3.93. The zero-order chi connectivity index (χ0) is 5.82. The van der Waals surface area contributed by atoms with Crippen LogP contribution in [0.25, 0.3) is 0 Å². The highest BCUT2D eigenvalue weighted by Gasteiger charge is 1.90. The molecule has 1 aromatic rings. The van der Waals surface area contributed by atoms with Crippen molar-refractivity contribution in [2.24, 2.45) is 0 Å². The zero-order valence-electron chi connectivity index (χ0n) is 4.29. The van der Waals surface area contributed by atoms with E-state index in [1.54, 1.807) is 0 Å². The third-order valence-corrected chi connectivity index (χ3v) is 0.881. The van der Waals surface area contributed by atoms with Crippen LogP contribution in [-0.4, -0.2) is 21.4 Å². The summed E-state index contributed by atoms with van der Waals surface area (Å²) in [6.07, 6.45) is 3.27. The van der Waals surface area contributed by atoms with Gasteiger partial charge < -0.3 is 4.18 Å². The van der Waals surface area contributed by atoms with Crippen molar-refractivity contribution in [1.82, 2.24) is 15.2 Å². The molecule has 0 atom stereocenters. The number of H-pyrrole nitrogens is 1. The fraction of sp³-hybridized carbons (Fsp3) is 0.333. The number of hydrogen-bond donors (Lipinski definition) is 1. The van der Waals surface area contributed by atoms with Crippen molar-refractivity contribution in [3.05, 3.63) is 6.33 Å². The van der Waals surface area contributed by atoms with Crippen LogP contribution in [0.3, 0.4) is 0 Å². The van der Waals surface area contributed by atoms with Crippen molar-refractivity contribution in [3.63, 3.8) is 0 Å². The molecule has 0 saturated heterocycles. The average Bonchev–Trinajstić information content (AvgIpc) is 2.19. The first kappa shape index (κ1) is 5.43. The fourth-order valence-electron chi connectivity index (χ4n) is 0.314. The van der Waals surface area contributed by atoms with E-state index in [0.29, 0.717) is 6.01 Å². The molecule has 0 aromatic carbocycles. The van der Waals surface area contributed by atoms with Crippen molar-refractivity contribution in [1.29, 1.82) is 0 Å². The minimum atomic E-state index is 0.442. The molecular formula is C3H5N3OS. The number of nitrogens with one attached hydrogen (secondary N) is 1. The van der Waals surface area contributed by atoms with Crippen molar-refractivity contribution in [2.75, 3.05) is 6.26 Å². The fourth-order valence-corrected chi connectivity index (χ4v) is 0.553. The average molecular weight is 131 g/mol. The molecule has 44 valence electrons. The van der Waals surface area contributed by atoms with E-state index in [4.69, 9.17) is 4.18 Å². The Bertz CT molecular complexity index is 140. The molecule has 8 heavy (non-hydrogen) atoms. The molecule has 4 nitrogen and oxygen atoms in total. The van der Waals surface area contributed by atoms with Gasteiger partial charge in [-0.3, -0.25) is 4.98 Å². The Hall–Kier alpha value is -0.710. The van der Waals surface area contributed by atoms with Crippen LogP contribution in [-0.2, 0) is 0 Å². The summed E-state index contributed by atoms with van der Waals surface area (Å²) in [5.41, 5.74) is 0. The lowest BCUT2D eigenvalue weighted by Crippen LogP contribution is -1.79. The van der Waals surface area contributed by atoms with E-state index >= 15 is 0 Å². The van der Waals surface area contributed by atoms with Crippen LogP contribution in [0.1, 0.15) is 0 Å². The lowest BCUT2D eigenvalue weighted by molar-refractivity contribution is 0.592. The van der Waals surface area contributed by atoms with Crippen LogP contribution >= 0.6 is 12.0 Å². The van der Waals surface area contributed by atoms with E-state index in [9.17, 15) is 0 Å². The van der Waals surface area contributed by atoms with Gasteiger partial charge in [-0.2, -0.15) is 0 Å². The van der Waals surface area contributed by atoms with Crippen LogP contribution in [0.15, 0.2) is 6.33 Å². The minimum Gasteiger partial charge on any atom is -0.390 e. The molecule has 1 rings (SSSR count). The summed E-state index contributed by atoms with van der Waals surface area (Å²) in [4.78, 5) is 2.67. The Kier molecular flexibility index (Phi) is 1.74. The number of nitrogens with zero attached hydrogens (tertiary/aromatic N) is 2. The summed E-state index contributed by atoms with van der Waals surface area (Å²) >= 11 is 1.23. The minimum absolute atomic E-state index is 0.442. The van der Waals surface area contributed by atoms with Crippen molar-refractivity contribution < 1.29 is 4.18 Å². The van der Waals surface area contributed by atoms with Gasteiger partial charge in [0.2, 0.25) is 0 Å². The molecule has 0 radical (unpaired) electrons. The second kappa shape index (κ2) is 2.56. The van der Waals surface area contributed by atoms with Gasteiger partial charge in [-0.05, 0) is 0 Å². The third-order valence-electron chi connectivity index (χ3n) is 0.557. The van der Waals surface area contributed by atoms with E-state index in [1.165, 1.54) is 18.4 Å². The number of aromatic nitrogens is 3. The summed E-state index contributed by atoms with van der Waals surface area (Å²) in [6, 6.07) is 0.442. The second-order valence-corrected chi connectivity index (χ2v) is 1.54. The topological polar surface area (TPSA) is 50.8 Å². The Morgan fingerprint density at radius 2 is 2.75 bits per heavy atom. The van der Waals surface area contributed by atoms with E-state index < -0.39 is 0 Å². The summed E-state index contributed by atoms with van der Waals surface area (Å²) in [5.74, 6) is 0. The third kappa shape index (κ3) is 1.13. The van der Waals surface area contributed by atoms with Gasteiger partial charge in [0.25, 0.3) is 0 Å². The van der Waals surface area contributed by atoms with Gasteiger partial charge in [0.05, 0.1) is 12.0 Å². The molecule has 0 amide bonds. The molecule has 0 aliphatic heterocycles. The van der Waals surface area contributed by atoms with Crippen LogP contribution in [0.5, 0.6) is 6.01 Å². The lowest BCUT2D eigenvalue weighted by atomic mass is 11.2. The molecule has 0 spiro atoms. The molecule has 0 bridgehead atoms. The van der Waals surface area contributed by atoms with Crippen LogP contribution in [0.4, 0.5) is 0 Å². The van der Waals surface area contributed by atoms with Gasteiger partial charge in [-0.15, -0.1) is 5.10 Å². The Labute approximate surface area is 50.9 Å². The summed E-state index contributed by atoms with van der Waals surface area (Å²) < 4.78 is 4.83. The predicted octanol–water partition coefficient (Wildman–Crippen LogP) is 0.461. The van der Waals surface area contributed by atoms with E-state index in [-0.39, 0.29) is 0 Å². The SMILES string of the molecule is CSOc1nnc[nH]1. The van der Waals surface area contributed by atoms with Crippen molar-refractivity contribution >= 4 is 12.0 Å². The molecule has 0 unspecified atom stereocenters. The van der Waals surface area contributed by atoms with Gasteiger partial charge in [0.15, 0.2) is 0 Å². The highest BCUT2D eigenvalue weighted by molar-refractivity contribution is 7.94. The molecule has 0 aliphatic rings. The van der Waals surface area contributed by atoms with Crippen molar-refractivity contribution in [3.8, 4) is 6.01 Å². The highest BCUT2D eigenvalue weighted by atomic mass is 32.2. The molecule has 5 heteroatoms. The Morgan fingerprint density at radius 1 is 1.88 bits per heavy atom. The van der Waals surface area contributed by atoms with Gasteiger partial charge in [0, 0.05) is 6.26 Å². The van der Waals surface area contributed by atoms with E-state index in [0.717, 1.165) is 0 Å². The standard InChI is InChI=1S/C3H5N3OS/c1-8-7-3-4-2-5-6-3/h2H,1H3,(H,4,5,6). The number of rotatable bonds is 2. The largest absolute Gasteiger partial charge is 0.390 e. The highest BCUT2D eigenvalue weighted by Crippen LogP contribution is 2.02. The first-order valence-corrected chi connectivity index (χ1v) is 3.15. The molecule has 1 N–H and O–H groups in total. The quantitative estimate of drug-likeness (QED) is 0.592. The zero-order valence-corrected chi connectivity index (χ0v) is 5.10. The molecule has 1 heterocycles. The summed E-state index contributed by atoms with van der Waals surface area (Å²) in [5, 5.41) is 7.05. The van der Waals surface area contributed by atoms with Crippen LogP contribution < -0.4 is 4.18 Å². The van der Waals surface area contributed by atoms with Gasteiger partial charge in [0.1, 0.15) is 6.33 Å². The van der Waals surface area contributed by atoms with Crippen LogP contribution in [0, 0.1) is 0 Å². The maximum atomic E-state index is 4.83.